The molecule has 1 aliphatic carbocycles. The standard InChI is InChI=1S/C15H19N3O2/c1-3-16-14-17-13(19)15(18-14)8-4-5-10-6-7-11(20-2)9-12(10)15/h6-7,9H,3-5,8H2,1-2H3,(H2,16,17,18,19). The van der Waals surface area contributed by atoms with E-state index in [0.717, 1.165) is 30.6 Å². The Morgan fingerprint density at radius 2 is 2.30 bits per heavy atom. The van der Waals surface area contributed by atoms with Gasteiger partial charge in [0.2, 0.25) is 0 Å². The number of guanidine groups is 1. The number of methoxy groups -OCH3 is 1. The third-order valence-corrected chi connectivity index (χ3v) is 4.04. The molecule has 0 aromatic heterocycles. The van der Waals surface area contributed by atoms with Crippen LogP contribution in [-0.4, -0.2) is 25.5 Å². The number of nitrogens with one attached hydrogen (secondary N) is 2. The Bertz CT molecular complexity index is 582. The summed E-state index contributed by atoms with van der Waals surface area (Å²) in [6, 6.07) is 5.97. The number of aliphatic imine (C=N–C) groups is 1. The lowest BCUT2D eigenvalue weighted by molar-refractivity contribution is -0.124. The van der Waals surface area contributed by atoms with Gasteiger partial charge in [0, 0.05) is 6.54 Å². The number of benzene rings is 1. The van der Waals surface area contributed by atoms with Crippen LogP contribution in [0.2, 0.25) is 0 Å². The topological polar surface area (TPSA) is 62.7 Å². The van der Waals surface area contributed by atoms with E-state index in [1.165, 1.54) is 5.56 Å². The molecule has 1 aromatic rings. The molecule has 1 aliphatic heterocycles. The Labute approximate surface area is 118 Å². The van der Waals surface area contributed by atoms with Gasteiger partial charge in [0.1, 0.15) is 11.3 Å². The number of fused-ring (bicyclic) bond motifs is 2. The highest BCUT2D eigenvalue weighted by Gasteiger charge is 2.48. The molecule has 1 aromatic carbocycles. The van der Waals surface area contributed by atoms with Gasteiger partial charge in [-0.05, 0) is 49.4 Å². The molecule has 1 saturated heterocycles. The second kappa shape index (κ2) is 4.81. The quantitative estimate of drug-likeness (QED) is 0.854. The second-order valence-corrected chi connectivity index (χ2v) is 5.18. The first kappa shape index (κ1) is 13.0. The molecule has 1 amide bonds. The van der Waals surface area contributed by atoms with E-state index in [-0.39, 0.29) is 5.91 Å². The smallest absolute Gasteiger partial charge is 0.257 e. The lowest BCUT2D eigenvalue weighted by Gasteiger charge is -2.33. The minimum Gasteiger partial charge on any atom is -0.497 e. The highest BCUT2D eigenvalue weighted by molar-refractivity contribution is 6.09. The van der Waals surface area contributed by atoms with Crippen LogP contribution in [-0.2, 0) is 16.8 Å². The van der Waals surface area contributed by atoms with E-state index in [4.69, 9.17) is 4.74 Å². The molecule has 3 rings (SSSR count). The summed E-state index contributed by atoms with van der Waals surface area (Å²) in [5.41, 5.74) is 1.54. The first-order valence-corrected chi connectivity index (χ1v) is 7.01. The second-order valence-electron chi connectivity index (χ2n) is 5.18. The van der Waals surface area contributed by atoms with Gasteiger partial charge < -0.3 is 10.1 Å². The van der Waals surface area contributed by atoms with Crippen molar-refractivity contribution < 1.29 is 9.53 Å². The highest BCUT2D eigenvalue weighted by atomic mass is 16.5. The molecule has 106 valence electrons. The monoisotopic (exact) mass is 273 g/mol. The van der Waals surface area contributed by atoms with E-state index >= 15 is 0 Å². The third-order valence-electron chi connectivity index (χ3n) is 4.04. The van der Waals surface area contributed by atoms with Crippen LogP contribution in [0.25, 0.3) is 0 Å². The van der Waals surface area contributed by atoms with Crippen molar-refractivity contribution in [3.63, 3.8) is 0 Å². The molecule has 1 atom stereocenters. The first-order chi connectivity index (χ1) is 9.69. The van der Waals surface area contributed by atoms with Crippen LogP contribution in [0.1, 0.15) is 30.9 Å². The number of rotatable bonds is 2. The number of aryl methyl sites for hydroxylation is 1. The van der Waals surface area contributed by atoms with Crippen molar-refractivity contribution in [2.45, 2.75) is 31.7 Å². The average molecular weight is 273 g/mol. The van der Waals surface area contributed by atoms with Crippen molar-refractivity contribution in [3.05, 3.63) is 29.3 Å². The number of carbonyl (C=O) groups is 1. The van der Waals surface area contributed by atoms with E-state index in [0.29, 0.717) is 12.5 Å². The molecule has 1 unspecified atom stereocenters. The van der Waals surface area contributed by atoms with Gasteiger partial charge >= 0.3 is 0 Å². The molecule has 1 spiro atoms. The number of nitrogens with zero attached hydrogens (tertiary/aromatic N) is 1. The molecule has 2 N–H and O–H groups in total. The minimum atomic E-state index is -0.684. The molecule has 2 aliphatic rings. The number of amides is 1. The molecule has 5 heteroatoms. The summed E-state index contributed by atoms with van der Waals surface area (Å²) < 4.78 is 5.30. The maximum absolute atomic E-state index is 12.5. The number of hydrogen-bond acceptors (Lipinski definition) is 3. The molecule has 0 bridgehead atoms. The first-order valence-electron chi connectivity index (χ1n) is 7.01. The van der Waals surface area contributed by atoms with Crippen LogP contribution >= 0.6 is 0 Å². The van der Waals surface area contributed by atoms with Crippen molar-refractivity contribution in [1.82, 2.24) is 10.6 Å². The number of ether oxygens (including phenoxy) is 1. The van der Waals surface area contributed by atoms with Gasteiger partial charge in [-0.3, -0.25) is 15.1 Å². The van der Waals surface area contributed by atoms with E-state index in [2.05, 4.69) is 21.7 Å². The van der Waals surface area contributed by atoms with Gasteiger partial charge in [0.05, 0.1) is 7.11 Å². The van der Waals surface area contributed by atoms with Crippen molar-refractivity contribution in [1.29, 1.82) is 0 Å². The molecular weight excluding hydrogens is 254 g/mol. The van der Waals surface area contributed by atoms with Gasteiger partial charge in [0.15, 0.2) is 5.96 Å². The lowest BCUT2D eigenvalue weighted by Crippen LogP contribution is -2.46. The summed E-state index contributed by atoms with van der Waals surface area (Å²) >= 11 is 0. The molecule has 1 heterocycles. The fourth-order valence-electron chi connectivity index (χ4n) is 3.08. The maximum atomic E-state index is 12.5. The summed E-state index contributed by atoms with van der Waals surface area (Å²) in [6.45, 7) is 2.59. The Kier molecular flexibility index (Phi) is 3.12. The van der Waals surface area contributed by atoms with Crippen LogP contribution in [0.4, 0.5) is 0 Å². The fraction of sp³-hybridized carbons (Fsp3) is 0.467. The van der Waals surface area contributed by atoms with E-state index in [1.54, 1.807) is 7.11 Å². The highest BCUT2D eigenvalue weighted by Crippen LogP contribution is 2.39. The van der Waals surface area contributed by atoms with Gasteiger partial charge in [-0.15, -0.1) is 0 Å². The summed E-state index contributed by atoms with van der Waals surface area (Å²) in [4.78, 5) is 16.8. The van der Waals surface area contributed by atoms with Crippen molar-refractivity contribution >= 4 is 11.9 Å². The molecular formula is C15H19N3O2. The van der Waals surface area contributed by atoms with E-state index < -0.39 is 5.54 Å². The van der Waals surface area contributed by atoms with Crippen LogP contribution in [0, 0.1) is 0 Å². The summed E-state index contributed by atoms with van der Waals surface area (Å²) in [6.07, 6.45) is 2.76. The molecule has 1 fully saturated rings. The Morgan fingerprint density at radius 1 is 1.45 bits per heavy atom. The van der Waals surface area contributed by atoms with Crippen molar-refractivity contribution in [2.75, 3.05) is 13.7 Å². The Balaban J connectivity index is 2.08. The van der Waals surface area contributed by atoms with E-state index in [9.17, 15) is 4.79 Å². The maximum Gasteiger partial charge on any atom is 0.257 e. The van der Waals surface area contributed by atoms with Gasteiger partial charge in [-0.25, -0.2) is 0 Å². The van der Waals surface area contributed by atoms with Crippen molar-refractivity contribution in [3.8, 4) is 5.75 Å². The summed E-state index contributed by atoms with van der Waals surface area (Å²) in [5, 5.41) is 6.15. The minimum absolute atomic E-state index is 0.0149. The third kappa shape index (κ3) is 1.85. The zero-order valence-electron chi connectivity index (χ0n) is 11.8. The van der Waals surface area contributed by atoms with Crippen LogP contribution in [0.5, 0.6) is 5.75 Å². The summed E-state index contributed by atoms with van der Waals surface area (Å²) in [5.74, 6) is 1.34. The molecule has 0 saturated carbocycles. The fourth-order valence-corrected chi connectivity index (χ4v) is 3.08. The zero-order valence-corrected chi connectivity index (χ0v) is 11.8. The molecule has 5 nitrogen and oxygen atoms in total. The zero-order chi connectivity index (χ0) is 14.2. The average Bonchev–Trinajstić information content (AvgIpc) is 2.76. The van der Waals surface area contributed by atoms with Crippen LogP contribution in [0.15, 0.2) is 23.2 Å². The van der Waals surface area contributed by atoms with Gasteiger partial charge in [-0.2, -0.15) is 0 Å². The predicted octanol–water partition coefficient (Wildman–Crippen LogP) is 1.32. The Morgan fingerprint density at radius 3 is 3.05 bits per heavy atom. The predicted molar refractivity (Wildman–Crippen MR) is 76.9 cm³/mol. The van der Waals surface area contributed by atoms with Crippen molar-refractivity contribution in [2.24, 2.45) is 4.99 Å². The largest absolute Gasteiger partial charge is 0.497 e. The molecule has 20 heavy (non-hydrogen) atoms. The van der Waals surface area contributed by atoms with Gasteiger partial charge in [0.25, 0.3) is 5.91 Å². The normalized spacial score (nSPS) is 26.3. The molecule has 0 radical (unpaired) electrons. The van der Waals surface area contributed by atoms with E-state index in [1.807, 2.05) is 19.1 Å². The van der Waals surface area contributed by atoms with Gasteiger partial charge in [-0.1, -0.05) is 6.07 Å². The Hall–Kier alpha value is -2.04. The number of hydrogen-bond donors (Lipinski definition) is 2. The number of carbonyl (C=O) groups excluding carboxylic acids is 1. The summed E-state index contributed by atoms with van der Waals surface area (Å²) in [7, 11) is 1.64. The van der Waals surface area contributed by atoms with Crippen LogP contribution in [0.3, 0.4) is 0 Å². The van der Waals surface area contributed by atoms with Crippen LogP contribution < -0.4 is 15.4 Å². The lowest BCUT2D eigenvalue weighted by atomic mass is 9.76. The SMILES string of the molecule is CCN=C1NC(=O)C2(CCCc3ccc(OC)cc32)N1.